The van der Waals surface area contributed by atoms with Crippen LogP contribution in [0.1, 0.15) is 20.3 Å². The third-order valence-electron chi connectivity index (χ3n) is 1.89. The average Bonchev–Trinajstić information content (AvgIpc) is 2.65. The first-order valence-electron chi connectivity index (χ1n) is 4.55. The van der Waals surface area contributed by atoms with Gasteiger partial charge in [-0.25, -0.2) is 0 Å². The number of allylic oxidation sites excluding steroid dienone is 3. The van der Waals surface area contributed by atoms with Crippen LogP contribution in [0.2, 0.25) is 0 Å². The number of nitrogens with two attached hydrogens (primary N) is 1. The maximum atomic E-state index is 5.87. The second-order valence-electron chi connectivity index (χ2n) is 2.83. The Morgan fingerprint density at radius 1 is 1.38 bits per heavy atom. The maximum absolute atomic E-state index is 5.87. The summed E-state index contributed by atoms with van der Waals surface area (Å²) in [5.74, 6) is 0. The summed E-state index contributed by atoms with van der Waals surface area (Å²) in [5, 5.41) is 0. The summed E-state index contributed by atoms with van der Waals surface area (Å²) in [5.41, 5.74) is 7.75. The zero-order valence-corrected chi connectivity index (χ0v) is 8.20. The van der Waals surface area contributed by atoms with E-state index < -0.39 is 0 Å². The molecule has 0 aliphatic rings. The van der Waals surface area contributed by atoms with E-state index >= 15 is 0 Å². The molecule has 0 saturated carbocycles. The van der Waals surface area contributed by atoms with Crippen molar-refractivity contribution in [3.63, 3.8) is 0 Å². The van der Waals surface area contributed by atoms with Gasteiger partial charge in [0.2, 0.25) is 0 Å². The van der Waals surface area contributed by atoms with E-state index in [1.807, 2.05) is 42.1 Å². The van der Waals surface area contributed by atoms with Crippen LogP contribution in [0.15, 0.2) is 42.4 Å². The Morgan fingerprint density at radius 2 is 2.00 bits per heavy atom. The zero-order valence-electron chi connectivity index (χ0n) is 8.20. The topological polar surface area (TPSA) is 30.9 Å². The number of rotatable bonds is 3. The van der Waals surface area contributed by atoms with Crippen molar-refractivity contribution in [2.24, 2.45) is 5.73 Å². The van der Waals surface area contributed by atoms with Gasteiger partial charge in [-0.15, -0.1) is 0 Å². The van der Waals surface area contributed by atoms with Crippen LogP contribution in [0.3, 0.4) is 0 Å². The first-order chi connectivity index (χ1) is 6.29. The minimum atomic E-state index is 0.818. The smallest absolute Gasteiger partial charge is 0.0636 e. The Balaban J connectivity index is 3.01. The summed E-state index contributed by atoms with van der Waals surface area (Å²) < 4.78 is 2.03. The molecule has 0 aromatic carbocycles. The Bertz CT molecular complexity index is 305. The highest BCUT2D eigenvalue weighted by atomic mass is 15.0. The normalized spacial score (nSPS) is 13.4. The lowest BCUT2D eigenvalue weighted by Crippen LogP contribution is -2.05. The highest BCUT2D eigenvalue weighted by molar-refractivity contribution is 5.62. The highest BCUT2D eigenvalue weighted by Gasteiger charge is 1.99. The lowest BCUT2D eigenvalue weighted by Gasteiger charge is -2.08. The van der Waals surface area contributed by atoms with Crippen molar-refractivity contribution in [1.82, 2.24) is 4.57 Å². The van der Waals surface area contributed by atoms with Crippen LogP contribution in [0.4, 0.5) is 0 Å². The summed E-state index contributed by atoms with van der Waals surface area (Å²) in [6, 6.07) is 3.98. The molecule has 1 rings (SSSR count). The van der Waals surface area contributed by atoms with E-state index in [9.17, 15) is 0 Å². The molecule has 1 aromatic heterocycles. The fourth-order valence-electron chi connectivity index (χ4n) is 1.21. The highest BCUT2D eigenvalue weighted by Crippen LogP contribution is 2.12. The monoisotopic (exact) mass is 176 g/mol. The van der Waals surface area contributed by atoms with Crippen LogP contribution in [0.5, 0.6) is 0 Å². The molecule has 2 nitrogen and oxygen atoms in total. The number of hydrogen-bond donors (Lipinski definition) is 1. The van der Waals surface area contributed by atoms with Gasteiger partial charge >= 0.3 is 0 Å². The largest absolute Gasteiger partial charge is 0.397 e. The fraction of sp³-hybridized carbons (Fsp3) is 0.273. The molecule has 2 heteroatoms. The van der Waals surface area contributed by atoms with E-state index in [1.54, 1.807) is 0 Å². The summed E-state index contributed by atoms with van der Waals surface area (Å²) >= 11 is 0. The molecule has 0 unspecified atom stereocenters. The molecule has 0 aliphatic heterocycles. The van der Waals surface area contributed by atoms with Crippen molar-refractivity contribution in [3.8, 4) is 0 Å². The molecule has 0 fully saturated rings. The molecule has 70 valence electrons. The van der Waals surface area contributed by atoms with Crippen LogP contribution in [0, 0.1) is 0 Å². The Hall–Kier alpha value is -1.44. The Labute approximate surface area is 79.4 Å². The first-order valence-corrected chi connectivity index (χ1v) is 4.55. The molecule has 0 amide bonds. The van der Waals surface area contributed by atoms with Gasteiger partial charge in [0.1, 0.15) is 0 Å². The number of hydrogen-bond acceptors (Lipinski definition) is 1. The molecule has 2 N–H and O–H groups in total. The van der Waals surface area contributed by atoms with Gasteiger partial charge < -0.3 is 10.3 Å². The van der Waals surface area contributed by atoms with Gasteiger partial charge in [-0.1, -0.05) is 19.1 Å². The molecule has 0 atom stereocenters. The molecule has 0 aliphatic carbocycles. The Kier molecular flexibility index (Phi) is 3.38. The fourth-order valence-corrected chi connectivity index (χ4v) is 1.21. The molecule has 0 spiro atoms. The number of nitrogens with zero attached hydrogens (tertiary/aromatic N) is 1. The van der Waals surface area contributed by atoms with Crippen molar-refractivity contribution in [2.45, 2.75) is 20.3 Å². The van der Waals surface area contributed by atoms with Gasteiger partial charge in [-0.05, 0) is 25.5 Å². The predicted molar refractivity (Wildman–Crippen MR) is 56.9 cm³/mol. The summed E-state index contributed by atoms with van der Waals surface area (Å²) in [6.45, 7) is 4.05. The molecule has 0 radical (unpaired) electrons. The van der Waals surface area contributed by atoms with Crippen LogP contribution in [0.25, 0.3) is 5.70 Å². The van der Waals surface area contributed by atoms with Crippen molar-refractivity contribution in [1.29, 1.82) is 0 Å². The van der Waals surface area contributed by atoms with Gasteiger partial charge in [-0.3, -0.25) is 0 Å². The zero-order chi connectivity index (χ0) is 9.68. The first kappa shape index (κ1) is 9.65. The van der Waals surface area contributed by atoms with Gasteiger partial charge in [0.05, 0.1) is 11.4 Å². The standard InChI is InChI=1S/C11H16N2/c1-3-7-11(10(12)4-2)13-8-5-6-9-13/h4-9H,3,12H2,1-2H3/b10-4+,11-7+. The molecule has 1 heterocycles. The molecular formula is C11H16N2. The van der Waals surface area contributed by atoms with Crippen molar-refractivity contribution >= 4 is 5.70 Å². The molecule has 0 saturated heterocycles. The van der Waals surface area contributed by atoms with Gasteiger partial charge in [0.25, 0.3) is 0 Å². The lowest BCUT2D eigenvalue weighted by atomic mass is 10.2. The molecule has 13 heavy (non-hydrogen) atoms. The predicted octanol–water partition coefficient (Wildman–Crippen LogP) is 2.60. The van der Waals surface area contributed by atoms with E-state index in [-0.39, 0.29) is 0 Å². The minimum absolute atomic E-state index is 0.818. The Morgan fingerprint density at radius 3 is 2.46 bits per heavy atom. The van der Waals surface area contributed by atoms with Crippen LogP contribution in [-0.2, 0) is 0 Å². The van der Waals surface area contributed by atoms with Gasteiger partial charge in [0, 0.05) is 12.4 Å². The minimum Gasteiger partial charge on any atom is -0.397 e. The molecule has 0 bridgehead atoms. The summed E-state index contributed by atoms with van der Waals surface area (Å²) in [7, 11) is 0. The average molecular weight is 176 g/mol. The number of aromatic nitrogens is 1. The third kappa shape index (κ3) is 2.25. The van der Waals surface area contributed by atoms with Crippen molar-refractivity contribution in [3.05, 3.63) is 42.4 Å². The lowest BCUT2D eigenvalue weighted by molar-refractivity contribution is 1.07. The van der Waals surface area contributed by atoms with E-state index in [4.69, 9.17) is 5.73 Å². The summed E-state index contributed by atoms with van der Waals surface area (Å²) in [4.78, 5) is 0. The molecule has 1 aromatic rings. The van der Waals surface area contributed by atoms with Crippen LogP contribution < -0.4 is 5.73 Å². The van der Waals surface area contributed by atoms with Gasteiger partial charge in [-0.2, -0.15) is 0 Å². The molecular weight excluding hydrogens is 160 g/mol. The quantitative estimate of drug-likeness (QED) is 0.705. The maximum Gasteiger partial charge on any atom is 0.0636 e. The van der Waals surface area contributed by atoms with Crippen LogP contribution in [-0.4, -0.2) is 4.57 Å². The third-order valence-corrected chi connectivity index (χ3v) is 1.89. The van der Waals surface area contributed by atoms with Crippen molar-refractivity contribution < 1.29 is 0 Å². The van der Waals surface area contributed by atoms with Gasteiger partial charge in [0.15, 0.2) is 0 Å². The van der Waals surface area contributed by atoms with Crippen molar-refractivity contribution in [2.75, 3.05) is 0 Å². The van der Waals surface area contributed by atoms with E-state index in [0.29, 0.717) is 0 Å². The van der Waals surface area contributed by atoms with E-state index in [0.717, 1.165) is 17.8 Å². The van der Waals surface area contributed by atoms with Crippen LogP contribution >= 0.6 is 0 Å². The SMILES string of the molecule is C/C=C(N)\C(=C/CC)n1cccc1. The second kappa shape index (κ2) is 4.55. The second-order valence-corrected chi connectivity index (χ2v) is 2.83. The van der Waals surface area contributed by atoms with E-state index in [2.05, 4.69) is 13.0 Å². The summed E-state index contributed by atoms with van der Waals surface area (Å²) in [6.07, 6.45) is 9.02. The van der Waals surface area contributed by atoms with E-state index in [1.165, 1.54) is 0 Å².